The Labute approximate surface area is 112 Å². The number of carbonyl (C=O) groups is 1. The zero-order chi connectivity index (χ0) is 14.2. The molecule has 4 heteroatoms. The molecule has 0 rings (SSSR count). The van der Waals surface area contributed by atoms with E-state index < -0.39 is 6.10 Å². The summed E-state index contributed by atoms with van der Waals surface area (Å²) in [6, 6.07) is 0. The summed E-state index contributed by atoms with van der Waals surface area (Å²) >= 11 is 0. The van der Waals surface area contributed by atoms with Gasteiger partial charge in [0.1, 0.15) is 6.10 Å². The molecule has 0 spiro atoms. The highest BCUT2D eigenvalue weighted by molar-refractivity contribution is 5.80. The summed E-state index contributed by atoms with van der Waals surface area (Å²) in [7, 11) is 0. The van der Waals surface area contributed by atoms with E-state index in [4.69, 9.17) is 10.5 Å². The molecule has 3 N–H and O–H groups in total. The molecule has 0 heterocycles. The number of hydrogen-bond donors (Lipinski definition) is 2. The van der Waals surface area contributed by atoms with Gasteiger partial charge in [-0.3, -0.25) is 4.79 Å². The van der Waals surface area contributed by atoms with E-state index >= 15 is 0 Å². The molecule has 1 amide bonds. The van der Waals surface area contributed by atoms with Crippen molar-refractivity contribution in [3.8, 4) is 0 Å². The molecule has 1 atom stereocenters. The zero-order valence-electron chi connectivity index (χ0n) is 12.6. The first-order valence-electron chi connectivity index (χ1n) is 7.02. The SMILES string of the molecule is CCC(N)(CC)CNC(=O)C(C)OCCC(C)C. The van der Waals surface area contributed by atoms with Crippen molar-refractivity contribution >= 4 is 5.91 Å². The lowest BCUT2D eigenvalue weighted by Crippen LogP contribution is -2.51. The number of carbonyl (C=O) groups excluding carboxylic acids is 1. The van der Waals surface area contributed by atoms with Crippen LogP contribution in [0.1, 0.15) is 53.9 Å². The maximum Gasteiger partial charge on any atom is 0.248 e. The van der Waals surface area contributed by atoms with Crippen molar-refractivity contribution in [2.45, 2.75) is 65.5 Å². The average Bonchev–Trinajstić information content (AvgIpc) is 2.34. The maximum atomic E-state index is 11.8. The molecule has 108 valence electrons. The number of amides is 1. The van der Waals surface area contributed by atoms with Gasteiger partial charge < -0.3 is 15.8 Å². The summed E-state index contributed by atoms with van der Waals surface area (Å²) in [5.74, 6) is 0.521. The molecule has 0 aromatic heterocycles. The maximum absolute atomic E-state index is 11.8. The van der Waals surface area contributed by atoms with Gasteiger partial charge in [0.15, 0.2) is 0 Å². The lowest BCUT2D eigenvalue weighted by Gasteiger charge is -2.27. The summed E-state index contributed by atoms with van der Waals surface area (Å²) in [6.07, 6.45) is 2.28. The summed E-state index contributed by atoms with van der Waals surface area (Å²) in [4.78, 5) is 11.8. The first-order chi connectivity index (χ1) is 8.34. The van der Waals surface area contributed by atoms with Crippen molar-refractivity contribution in [3.63, 3.8) is 0 Å². The van der Waals surface area contributed by atoms with Gasteiger partial charge in [-0.25, -0.2) is 0 Å². The molecule has 0 aliphatic rings. The Balaban J connectivity index is 3.94. The second kappa shape index (κ2) is 8.48. The lowest BCUT2D eigenvalue weighted by molar-refractivity contribution is -0.132. The van der Waals surface area contributed by atoms with Crippen molar-refractivity contribution in [2.75, 3.05) is 13.2 Å². The fourth-order valence-electron chi connectivity index (χ4n) is 1.46. The van der Waals surface area contributed by atoms with Crippen molar-refractivity contribution in [1.82, 2.24) is 5.32 Å². The molecular weight excluding hydrogens is 228 g/mol. The van der Waals surface area contributed by atoms with E-state index in [-0.39, 0.29) is 11.4 Å². The van der Waals surface area contributed by atoms with Gasteiger partial charge in [-0.1, -0.05) is 27.7 Å². The number of rotatable bonds is 9. The van der Waals surface area contributed by atoms with E-state index in [1.165, 1.54) is 0 Å². The van der Waals surface area contributed by atoms with Crippen LogP contribution in [-0.2, 0) is 9.53 Å². The summed E-state index contributed by atoms with van der Waals surface area (Å²) in [5.41, 5.74) is 5.83. The second-order valence-electron chi connectivity index (χ2n) is 5.48. The summed E-state index contributed by atoms with van der Waals surface area (Å²) in [6.45, 7) is 11.3. The van der Waals surface area contributed by atoms with Crippen LogP contribution in [0.4, 0.5) is 0 Å². The van der Waals surface area contributed by atoms with E-state index in [0.717, 1.165) is 19.3 Å². The highest BCUT2D eigenvalue weighted by Gasteiger charge is 2.22. The molecule has 0 fully saturated rings. The van der Waals surface area contributed by atoms with Crippen molar-refractivity contribution < 1.29 is 9.53 Å². The average molecular weight is 258 g/mol. The fourth-order valence-corrected chi connectivity index (χ4v) is 1.46. The number of nitrogens with one attached hydrogen (secondary N) is 1. The lowest BCUT2D eigenvalue weighted by atomic mass is 9.94. The Morgan fingerprint density at radius 2 is 1.83 bits per heavy atom. The van der Waals surface area contributed by atoms with Gasteiger partial charge in [-0.05, 0) is 32.1 Å². The molecule has 1 unspecified atom stereocenters. The van der Waals surface area contributed by atoms with Crippen molar-refractivity contribution in [3.05, 3.63) is 0 Å². The van der Waals surface area contributed by atoms with Crippen LogP contribution >= 0.6 is 0 Å². The molecular formula is C14H30N2O2. The largest absolute Gasteiger partial charge is 0.369 e. The van der Waals surface area contributed by atoms with Gasteiger partial charge in [0.25, 0.3) is 0 Å². The van der Waals surface area contributed by atoms with Gasteiger partial charge in [-0.2, -0.15) is 0 Å². The zero-order valence-corrected chi connectivity index (χ0v) is 12.6. The van der Waals surface area contributed by atoms with Gasteiger partial charge in [0.05, 0.1) is 0 Å². The second-order valence-corrected chi connectivity index (χ2v) is 5.48. The first kappa shape index (κ1) is 17.4. The Bertz CT molecular complexity index is 238. The summed E-state index contributed by atoms with van der Waals surface area (Å²) in [5, 5.41) is 2.87. The molecule has 0 saturated carbocycles. The van der Waals surface area contributed by atoms with E-state index in [0.29, 0.717) is 19.1 Å². The third kappa shape index (κ3) is 6.97. The van der Waals surface area contributed by atoms with Crippen LogP contribution in [0.5, 0.6) is 0 Å². The van der Waals surface area contributed by atoms with Crippen LogP contribution < -0.4 is 11.1 Å². The highest BCUT2D eigenvalue weighted by Crippen LogP contribution is 2.09. The number of nitrogens with two attached hydrogens (primary N) is 1. The van der Waals surface area contributed by atoms with Crippen LogP contribution in [0.25, 0.3) is 0 Å². The molecule has 0 aromatic rings. The Morgan fingerprint density at radius 1 is 1.28 bits per heavy atom. The highest BCUT2D eigenvalue weighted by atomic mass is 16.5. The van der Waals surface area contributed by atoms with Gasteiger partial charge in [0, 0.05) is 18.7 Å². The monoisotopic (exact) mass is 258 g/mol. The predicted octanol–water partition coefficient (Wildman–Crippen LogP) is 2.07. The molecule has 0 aliphatic heterocycles. The molecule has 4 nitrogen and oxygen atoms in total. The topological polar surface area (TPSA) is 64.3 Å². The van der Waals surface area contributed by atoms with E-state index in [2.05, 4.69) is 19.2 Å². The summed E-state index contributed by atoms with van der Waals surface area (Å²) < 4.78 is 5.49. The third-order valence-corrected chi connectivity index (χ3v) is 3.46. The Kier molecular flexibility index (Phi) is 8.20. The quantitative estimate of drug-likeness (QED) is 0.665. The van der Waals surface area contributed by atoms with Crippen LogP contribution in [0.3, 0.4) is 0 Å². The van der Waals surface area contributed by atoms with Crippen LogP contribution in [-0.4, -0.2) is 30.7 Å². The molecule has 0 aromatic carbocycles. The minimum atomic E-state index is -0.401. The molecule has 0 radical (unpaired) electrons. The Hall–Kier alpha value is -0.610. The Morgan fingerprint density at radius 3 is 2.28 bits per heavy atom. The predicted molar refractivity (Wildman–Crippen MR) is 75.4 cm³/mol. The first-order valence-corrected chi connectivity index (χ1v) is 7.02. The third-order valence-electron chi connectivity index (χ3n) is 3.46. The number of ether oxygens (including phenoxy) is 1. The van der Waals surface area contributed by atoms with Crippen molar-refractivity contribution in [2.24, 2.45) is 11.7 Å². The van der Waals surface area contributed by atoms with E-state index in [9.17, 15) is 4.79 Å². The van der Waals surface area contributed by atoms with Gasteiger partial charge in [-0.15, -0.1) is 0 Å². The van der Waals surface area contributed by atoms with Gasteiger partial charge >= 0.3 is 0 Å². The van der Waals surface area contributed by atoms with Crippen LogP contribution in [0.2, 0.25) is 0 Å². The standard InChI is InChI=1S/C14H30N2O2/c1-6-14(15,7-2)10-16-13(17)12(5)18-9-8-11(3)4/h11-12H,6-10,15H2,1-5H3,(H,16,17). The van der Waals surface area contributed by atoms with Gasteiger partial charge in [0.2, 0.25) is 5.91 Å². The molecule has 0 aliphatic carbocycles. The normalized spacial score (nSPS) is 13.7. The minimum Gasteiger partial charge on any atom is -0.369 e. The molecule has 0 bridgehead atoms. The van der Waals surface area contributed by atoms with E-state index in [1.54, 1.807) is 6.92 Å². The number of hydrogen-bond acceptors (Lipinski definition) is 3. The minimum absolute atomic E-state index is 0.0736. The molecule has 18 heavy (non-hydrogen) atoms. The van der Waals surface area contributed by atoms with Crippen LogP contribution in [0, 0.1) is 5.92 Å². The fraction of sp³-hybridized carbons (Fsp3) is 0.929. The smallest absolute Gasteiger partial charge is 0.248 e. The van der Waals surface area contributed by atoms with Crippen LogP contribution in [0.15, 0.2) is 0 Å². The van der Waals surface area contributed by atoms with Crippen molar-refractivity contribution in [1.29, 1.82) is 0 Å². The van der Waals surface area contributed by atoms with E-state index in [1.807, 2.05) is 13.8 Å². The molecule has 0 saturated heterocycles.